The molecule has 1 aromatic carbocycles. The van der Waals surface area contributed by atoms with Crippen LogP contribution in [0.1, 0.15) is 22.0 Å². The van der Waals surface area contributed by atoms with E-state index in [1.165, 1.54) is 18.2 Å². The fourth-order valence-corrected chi connectivity index (χ4v) is 1.78. The molecule has 1 aromatic rings. The average Bonchev–Trinajstić information content (AvgIpc) is 2.27. The molecule has 0 aliphatic heterocycles. The first-order valence-corrected chi connectivity index (χ1v) is 5.92. The van der Waals surface area contributed by atoms with E-state index in [0.29, 0.717) is 0 Å². The molecule has 0 heterocycles. The second-order valence-electron chi connectivity index (χ2n) is 3.21. The molecule has 0 aliphatic carbocycles. The third-order valence-electron chi connectivity index (χ3n) is 2.08. The van der Waals surface area contributed by atoms with Crippen LogP contribution in [0.5, 0.6) is 0 Å². The molecule has 0 amide bonds. The van der Waals surface area contributed by atoms with E-state index in [2.05, 4.69) is 15.9 Å². The summed E-state index contributed by atoms with van der Waals surface area (Å²) in [7, 11) is 0. The number of aliphatic hydroxyl groups excluding tert-OH is 2. The molecule has 0 spiro atoms. The molecule has 0 saturated heterocycles. The van der Waals surface area contributed by atoms with Gasteiger partial charge in [-0.25, -0.2) is 4.79 Å². The molecule has 3 N–H and O–H groups in total. The summed E-state index contributed by atoms with van der Waals surface area (Å²) < 4.78 is 0. The number of aliphatic hydroxyl groups is 2. The van der Waals surface area contributed by atoms with Gasteiger partial charge in [0.25, 0.3) is 0 Å². The van der Waals surface area contributed by atoms with Crippen LogP contribution in [0.4, 0.5) is 0 Å². The number of carbonyl (C=O) groups is 1. The summed E-state index contributed by atoms with van der Waals surface area (Å²) >= 11 is 8.83. The summed E-state index contributed by atoms with van der Waals surface area (Å²) in [6, 6.07) is 3.97. The molecule has 0 radical (unpaired) electrons. The monoisotopic (exact) mass is 308 g/mol. The maximum atomic E-state index is 10.7. The minimum absolute atomic E-state index is 0.0141. The van der Waals surface area contributed by atoms with Crippen LogP contribution < -0.4 is 0 Å². The van der Waals surface area contributed by atoms with E-state index in [-0.39, 0.29) is 21.5 Å². The second-order valence-corrected chi connectivity index (χ2v) is 4.26. The molecule has 0 bridgehead atoms. The normalized spacial score (nSPS) is 14.5. The maximum Gasteiger partial charge on any atom is 0.335 e. The van der Waals surface area contributed by atoms with Crippen LogP contribution in [0.3, 0.4) is 0 Å². The third kappa shape index (κ3) is 2.95. The van der Waals surface area contributed by atoms with Crippen LogP contribution in [0.2, 0.25) is 5.02 Å². The van der Waals surface area contributed by atoms with Crippen molar-refractivity contribution in [2.24, 2.45) is 0 Å². The lowest BCUT2D eigenvalue weighted by Crippen LogP contribution is -2.20. The number of aromatic carboxylic acids is 1. The quantitative estimate of drug-likeness (QED) is 0.742. The lowest BCUT2D eigenvalue weighted by molar-refractivity contribution is 0.0342. The van der Waals surface area contributed by atoms with Crippen LogP contribution >= 0.6 is 27.5 Å². The molecule has 4 nitrogen and oxygen atoms in total. The van der Waals surface area contributed by atoms with Crippen LogP contribution in [0.15, 0.2) is 18.2 Å². The lowest BCUT2D eigenvalue weighted by Gasteiger charge is -2.17. The average molecular weight is 310 g/mol. The Hall–Kier alpha value is -0.620. The van der Waals surface area contributed by atoms with Gasteiger partial charge in [0.1, 0.15) is 6.10 Å². The number of rotatable bonds is 4. The predicted octanol–water partition coefficient (Wildman–Crippen LogP) is 1.83. The van der Waals surface area contributed by atoms with Crippen LogP contribution in [-0.2, 0) is 0 Å². The second kappa shape index (κ2) is 5.63. The first-order valence-electron chi connectivity index (χ1n) is 4.42. The van der Waals surface area contributed by atoms with E-state index in [1.807, 2.05) is 0 Å². The molecule has 0 saturated carbocycles. The topological polar surface area (TPSA) is 77.8 Å². The number of hydrogen-bond acceptors (Lipinski definition) is 3. The Morgan fingerprint density at radius 3 is 2.56 bits per heavy atom. The highest BCUT2D eigenvalue weighted by atomic mass is 79.9. The molecular weight excluding hydrogens is 299 g/mol. The Morgan fingerprint density at radius 2 is 2.06 bits per heavy atom. The minimum Gasteiger partial charge on any atom is -0.478 e. The van der Waals surface area contributed by atoms with Gasteiger partial charge in [0, 0.05) is 15.9 Å². The zero-order valence-electron chi connectivity index (χ0n) is 8.10. The van der Waals surface area contributed by atoms with E-state index in [0.717, 1.165) is 0 Å². The number of halogens is 2. The Bertz CT molecular complexity index is 396. The summed E-state index contributed by atoms with van der Waals surface area (Å²) in [5.74, 6) is -1.11. The van der Waals surface area contributed by atoms with Gasteiger partial charge in [0.15, 0.2) is 0 Å². The number of alkyl halides is 1. The first kappa shape index (κ1) is 13.4. The molecule has 1 rings (SSSR count). The van der Waals surface area contributed by atoms with Gasteiger partial charge in [-0.1, -0.05) is 27.5 Å². The van der Waals surface area contributed by atoms with E-state index < -0.39 is 18.2 Å². The molecule has 6 heteroatoms. The molecule has 0 aromatic heterocycles. The van der Waals surface area contributed by atoms with Gasteiger partial charge in [0.05, 0.1) is 11.7 Å². The zero-order valence-corrected chi connectivity index (χ0v) is 10.4. The Kier molecular flexibility index (Phi) is 4.73. The summed E-state index contributed by atoms with van der Waals surface area (Å²) in [4.78, 5) is 10.7. The number of carboxylic acid groups (broad SMARTS) is 1. The van der Waals surface area contributed by atoms with E-state index in [9.17, 15) is 15.0 Å². The van der Waals surface area contributed by atoms with Crippen molar-refractivity contribution >= 4 is 33.5 Å². The summed E-state index contributed by atoms with van der Waals surface area (Å²) in [5.41, 5.74) is 0.216. The third-order valence-corrected chi connectivity index (χ3v) is 3.09. The molecule has 0 aliphatic rings. The Balaban J connectivity index is 3.11. The zero-order chi connectivity index (χ0) is 12.3. The number of carboxylic acids is 1. The molecule has 2 atom stereocenters. The van der Waals surface area contributed by atoms with Gasteiger partial charge in [-0.3, -0.25) is 0 Å². The van der Waals surface area contributed by atoms with E-state index in [4.69, 9.17) is 16.7 Å². The van der Waals surface area contributed by atoms with Crippen molar-refractivity contribution in [2.45, 2.75) is 12.2 Å². The smallest absolute Gasteiger partial charge is 0.335 e. The number of hydrogen-bond donors (Lipinski definition) is 3. The largest absolute Gasteiger partial charge is 0.478 e. The van der Waals surface area contributed by atoms with Crippen LogP contribution in [-0.4, -0.2) is 32.7 Å². The SMILES string of the molecule is O=C(O)c1ccc(Cl)c(C(O)C(O)CBr)c1. The van der Waals surface area contributed by atoms with Gasteiger partial charge in [0.2, 0.25) is 0 Å². The van der Waals surface area contributed by atoms with Crippen molar-refractivity contribution in [1.82, 2.24) is 0 Å². The van der Waals surface area contributed by atoms with E-state index in [1.54, 1.807) is 0 Å². The first-order chi connectivity index (χ1) is 7.47. The van der Waals surface area contributed by atoms with E-state index >= 15 is 0 Å². The highest BCUT2D eigenvalue weighted by Crippen LogP contribution is 2.27. The fraction of sp³-hybridized carbons (Fsp3) is 0.300. The van der Waals surface area contributed by atoms with Crippen molar-refractivity contribution in [1.29, 1.82) is 0 Å². The molecule has 88 valence electrons. The van der Waals surface area contributed by atoms with Gasteiger partial charge in [-0.05, 0) is 18.2 Å². The van der Waals surface area contributed by atoms with Crippen molar-refractivity contribution in [3.63, 3.8) is 0 Å². The molecular formula is C10H10BrClO4. The summed E-state index contributed by atoms with van der Waals surface area (Å²) in [5, 5.41) is 28.3. The van der Waals surface area contributed by atoms with Crippen molar-refractivity contribution in [3.05, 3.63) is 34.3 Å². The lowest BCUT2D eigenvalue weighted by atomic mass is 10.0. The minimum atomic E-state index is -1.22. The van der Waals surface area contributed by atoms with Crippen LogP contribution in [0.25, 0.3) is 0 Å². The Labute approximate surface area is 106 Å². The fourth-order valence-electron chi connectivity index (χ4n) is 1.20. The van der Waals surface area contributed by atoms with Gasteiger partial charge in [-0.15, -0.1) is 0 Å². The highest BCUT2D eigenvalue weighted by Gasteiger charge is 2.21. The maximum absolute atomic E-state index is 10.7. The number of benzene rings is 1. The Morgan fingerprint density at radius 1 is 1.44 bits per heavy atom. The highest BCUT2D eigenvalue weighted by molar-refractivity contribution is 9.09. The van der Waals surface area contributed by atoms with Crippen molar-refractivity contribution in [2.75, 3.05) is 5.33 Å². The molecule has 0 fully saturated rings. The van der Waals surface area contributed by atoms with Crippen molar-refractivity contribution in [3.8, 4) is 0 Å². The molecule has 2 unspecified atom stereocenters. The summed E-state index contributed by atoms with van der Waals surface area (Å²) in [6.07, 6.45) is -2.26. The predicted molar refractivity (Wildman–Crippen MR) is 63.2 cm³/mol. The molecule has 16 heavy (non-hydrogen) atoms. The summed E-state index contributed by atoms with van der Waals surface area (Å²) in [6.45, 7) is 0. The van der Waals surface area contributed by atoms with Gasteiger partial charge < -0.3 is 15.3 Å². The van der Waals surface area contributed by atoms with Gasteiger partial charge >= 0.3 is 5.97 Å². The van der Waals surface area contributed by atoms with Crippen molar-refractivity contribution < 1.29 is 20.1 Å². The van der Waals surface area contributed by atoms with Crippen LogP contribution in [0, 0.1) is 0 Å². The van der Waals surface area contributed by atoms with Gasteiger partial charge in [-0.2, -0.15) is 0 Å². The standard InChI is InChI=1S/C10H10BrClO4/c11-4-8(13)9(14)6-3-5(10(15)16)1-2-7(6)12/h1-3,8-9,13-14H,4H2,(H,15,16).